The maximum Gasteiger partial charge on any atom is 0.640 e. The molecule has 1 fully saturated rings. The van der Waals surface area contributed by atoms with Gasteiger partial charge in [-0.2, -0.15) is 0 Å². The van der Waals surface area contributed by atoms with Crippen LogP contribution in [0.3, 0.4) is 0 Å². The minimum absolute atomic E-state index is 0.0741. The first-order valence-corrected chi connectivity index (χ1v) is 8.50. The van der Waals surface area contributed by atoms with E-state index in [-0.39, 0.29) is 6.10 Å². The molecule has 6 heteroatoms. The van der Waals surface area contributed by atoms with Gasteiger partial charge in [0.2, 0.25) is 0 Å². The fourth-order valence-corrected chi connectivity index (χ4v) is 4.69. The van der Waals surface area contributed by atoms with Crippen molar-refractivity contribution in [1.82, 2.24) is 0 Å². The summed E-state index contributed by atoms with van der Waals surface area (Å²) >= 11 is 3.53. The SMILES string of the molecule is CC(C)OB1OC(C)(C)C(C)(c2cc3sccc3s2)O1. The summed E-state index contributed by atoms with van der Waals surface area (Å²) in [5, 5.41) is 2.12. The molecule has 108 valence electrons. The summed E-state index contributed by atoms with van der Waals surface area (Å²) in [6.45, 7) is 10.2. The molecular formula is C14H19BO3S2. The third-order valence-corrected chi connectivity index (χ3v) is 6.16. The van der Waals surface area contributed by atoms with Crippen LogP contribution >= 0.6 is 22.7 Å². The Morgan fingerprint density at radius 1 is 1.20 bits per heavy atom. The number of rotatable bonds is 3. The summed E-state index contributed by atoms with van der Waals surface area (Å²) in [6, 6.07) is 4.37. The van der Waals surface area contributed by atoms with Crippen molar-refractivity contribution >= 4 is 39.4 Å². The second-order valence-electron chi connectivity index (χ2n) is 6.01. The lowest BCUT2D eigenvalue weighted by molar-refractivity contribution is -0.0105. The molecule has 0 bridgehead atoms. The molecule has 1 aliphatic heterocycles. The van der Waals surface area contributed by atoms with Crippen molar-refractivity contribution in [2.24, 2.45) is 0 Å². The van der Waals surface area contributed by atoms with Gasteiger partial charge in [0, 0.05) is 20.4 Å². The largest absolute Gasteiger partial charge is 0.640 e. The van der Waals surface area contributed by atoms with Crippen molar-refractivity contribution < 1.29 is 14.0 Å². The number of fused-ring (bicyclic) bond motifs is 1. The van der Waals surface area contributed by atoms with Gasteiger partial charge in [-0.15, -0.1) is 22.7 Å². The van der Waals surface area contributed by atoms with Crippen LogP contribution in [0.4, 0.5) is 0 Å². The summed E-state index contributed by atoms with van der Waals surface area (Å²) in [5.74, 6) is 0. The van der Waals surface area contributed by atoms with Crippen LogP contribution in [0.2, 0.25) is 0 Å². The molecule has 2 aromatic heterocycles. The molecule has 0 radical (unpaired) electrons. The van der Waals surface area contributed by atoms with Gasteiger partial charge < -0.3 is 14.0 Å². The minimum Gasteiger partial charge on any atom is -0.384 e. The van der Waals surface area contributed by atoms with E-state index < -0.39 is 18.5 Å². The highest BCUT2D eigenvalue weighted by atomic mass is 32.1. The fourth-order valence-electron chi connectivity index (χ4n) is 2.34. The Morgan fingerprint density at radius 2 is 1.95 bits per heavy atom. The van der Waals surface area contributed by atoms with Gasteiger partial charge in [-0.1, -0.05) is 0 Å². The molecule has 0 saturated carbocycles. The van der Waals surface area contributed by atoms with Crippen LogP contribution in [0.5, 0.6) is 0 Å². The van der Waals surface area contributed by atoms with Crippen LogP contribution in [0.1, 0.15) is 39.5 Å². The zero-order valence-electron chi connectivity index (χ0n) is 12.4. The Bertz CT molecular complexity index is 590. The van der Waals surface area contributed by atoms with Gasteiger partial charge in [0.05, 0.1) is 5.60 Å². The lowest BCUT2D eigenvalue weighted by Crippen LogP contribution is -2.41. The lowest BCUT2D eigenvalue weighted by Gasteiger charge is -2.35. The maximum atomic E-state index is 6.13. The number of thiophene rings is 2. The highest BCUT2D eigenvalue weighted by Crippen LogP contribution is 2.49. The molecule has 1 atom stereocenters. The van der Waals surface area contributed by atoms with E-state index in [0.29, 0.717) is 0 Å². The molecule has 1 aliphatic rings. The van der Waals surface area contributed by atoms with Gasteiger partial charge >= 0.3 is 7.32 Å². The Balaban J connectivity index is 1.95. The molecule has 0 aliphatic carbocycles. The predicted octanol–water partition coefficient (Wildman–Crippen LogP) is 4.41. The van der Waals surface area contributed by atoms with E-state index >= 15 is 0 Å². The van der Waals surface area contributed by atoms with Crippen LogP contribution in [0, 0.1) is 0 Å². The molecule has 0 N–H and O–H groups in total. The van der Waals surface area contributed by atoms with Gasteiger partial charge in [0.25, 0.3) is 0 Å². The first kappa shape index (κ1) is 14.5. The highest BCUT2D eigenvalue weighted by Gasteiger charge is 2.57. The van der Waals surface area contributed by atoms with Crippen molar-refractivity contribution in [2.75, 3.05) is 0 Å². The van der Waals surface area contributed by atoms with Gasteiger partial charge in [0.15, 0.2) is 0 Å². The Hall–Kier alpha value is -0.395. The van der Waals surface area contributed by atoms with Gasteiger partial charge in [-0.3, -0.25) is 0 Å². The van der Waals surface area contributed by atoms with E-state index in [9.17, 15) is 0 Å². The van der Waals surface area contributed by atoms with E-state index in [2.05, 4.69) is 38.3 Å². The van der Waals surface area contributed by atoms with Crippen LogP contribution < -0.4 is 0 Å². The van der Waals surface area contributed by atoms with Gasteiger partial charge in [0.1, 0.15) is 5.60 Å². The van der Waals surface area contributed by atoms with Crippen molar-refractivity contribution in [1.29, 1.82) is 0 Å². The molecular weight excluding hydrogens is 291 g/mol. The normalized spacial score (nSPS) is 26.0. The third kappa shape index (κ3) is 2.23. The second-order valence-corrected chi connectivity index (χ2v) is 8.04. The van der Waals surface area contributed by atoms with Crippen LogP contribution in [-0.2, 0) is 19.6 Å². The smallest absolute Gasteiger partial charge is 0.384 e. The molecule has 0 amide bonds. The maximum absolute atomic E-state index is 6.13. The standard InChI is InChI=1S/C14H19BO3S2/c1-9(2)16-15-17-13(3,4)14(5,18-15)12-8-11-10(20-12)6-7-19-11/h6-9H,1-5H3. The van der Waals surface area contributed by atoms with Gasteiger partial charge in [-0.25, -0.2) is 0 Å². The van der Waals surface area contributed by atoms with Crippen LogP contribution in [0.25, 0.3) is 9.40 Å². The quantitative estimate of drug-likeness (QED) is 0.786. The van der Waals surface area contributed by atoms with Crippen LogP contribution in [0.15, 0.2) is 17.5 Å². The first-order valence-electron chi connectivity index (χ1n) is 6.80. The Morgan fingerprint density at radius 3 is 2.60 bits per heavy atom. The molecule has 0 aromatic carbocycles. The summed E-state index contributed by atoms with van der Waals surface area (Å²) in [7, 11) is -0.602. The molecule has 1 unspecified atom stereocenters. The predicted molar refractivity (Wildman–Crippen MR) is 85.3 cm³/mol. The van der Waals surface area contributed by atoms with Gasteiger partial charge in [-0.05, 0) is 52.1 Å². The summed E-state index contributed by atoms with van der Waals surface area (Å²) in [5.41, 5.74) is -0.921. The van der Waals surface area contributed by atoms with Crippen molar-refractivity contribution in [2.45, 2.75) is 51.9 Å². The second kappa shape index (κ2) is 4.82. The summed E-state index contributed by atoms with van der Waals surface area (Å²) in [6.07, 6.45) is 0.0741. The minimum atomic E-state index is -0.602. The van der Waals surface area contributed by atoms with Crippen LogP contribution in [-0.4, -0.2) is 19.0 Å². The topological polar surface area (TPSA) is 27.7 Å². The average Bonchev–Trinajstić information content (AvgIpc) is 2.90. The Kier molecular flexibility index (Phi) is 3.50. The van der Waals surface area contributed by atoms with E-state index in [1.54, 1.807) is 22.7 Å². The zero-order chi connectivity index (χ0) is 14.5. The number of hydrogen-bond acceptors (Lipinski definition) is 5. The van der Waals surface area contributed by atoms with E-state index in [0.717, 1.165) is 0 Å². The number of hydrogen-bond donors (Lipinski definition) is 0. The molecule has 3 heterocycles. The first-order chi connectivity index (χ1) is 9.32. The lowest BCUT2D eigenvalue weighted by atomic mass is 9.86. The molecule has 3 rings (SSSR count). The summed E-state index contributed by atoms with van der Waals surface area (Å²) in [4.78, 5) is 1.19. The molecule has 20 heavy (non-hydrogen) atoms. The van der Waals surface area contributed by atoms with E-state index in [1.807, 2.05) is 13.8 Å². The Labute approximate surface area is 128 Å². The molecule has 2 aromatic rings. The van der Waals surface area contributed by atoms with Crippen molar-refractivity contribution in [3.63, 3.8) is 0 Å². The summed E-state index contributed by atoms with van der Waals surface area (Å²) < 4.78 is 20.4. The zero-order valence-corrected chi connectivity index (χ0v) is 14.1. The molecule has 0 spiro atoms. The van der Waals surface area contributed by atoms with E-state index in [4.69, 9.17) is 14.0 Å². The fraction of sp³-hybridized carbons (Fsp3) is 0.571. The highest BCUT2D eigenvalue weighted by molar-refractivity contribution is 7.27. The van der Waals surface area contributed by atoms with Crippen molar-refractivity contribution in [3.05, 3.63) is 22.4 Å². The third-order valence-electron chi connectivity index (χ3n) is 3.86. The van der Waals surface area contributed by atoms with Crippen molar-refractivity contribution in [3.8, 4) is 0 Å². The monoisotopic (exact) mass is 310 g/mol. The molecule has 1 saturated heterocycles. The average molecular weight is 310 g/mol. The van der Waals surface area contributed by atoms with E-state index in [1.165, 1.54) is 14.3 Å². The molecule has 3 nitrogen and oxygen atoms in total.